The second-order valence-corrected chi connectivity index (χ2v) is 7.71. The lowest BCUT2D eigenvalue weighted by Gasteiger charge is -2.38. The first-order chi connectivity index (χ1) is 12.2. The van der Waals surface area contributed by atoms with Gasteiger partial charge in [-0.2, -0.15) is 0 Å². The van der Waals surface area contributed by atoms with E-state index in [4.69, 9.17) is 5.73 Å². The van der Waals surface area contributed by atoms with E-state index in [1.807, 2.05) is 17.4 Å². The third-order valence-corrected chi connectivity index (χ3v) is 5.84. The van der Waals surface area contributed by atoms with Crippen LogP contribution < -0.4 is 11.1 Å². The Bertz CT molecular complexity index is 654. The Balaban J connectivity index is 1.52. The van der Waals surface area contributed by atoms with E-state index in [0.29, 0.717) is 17.9 Å². The van der Waals surface area contributed by atoms with Gasteiger partial charge in [-0.3, -0.25) is 9.89 Å². The fourth-order valence-electron chi connectivity index (χ4n) is 3.61. The molecule has 134 valence electrons. The van der Waals surface area contributed by atoms with Gasteiger partial charge in [0.2, 0.25) is 0 Å². The van der Waals surface area contributed by atoms with E-state index in [1.54, 1.807) is 0 Å². The summed E-state index contributed by atoms with van der Waals surface area (Å²) in [5.41, 5.74) is 7.40. The zero-order valence-corrected chi connectivity index (χ0v) is 15.7. The number of nitrogens with zero attached hydrogens (tertiary/aromatic N) is 2. The molecule has 5 heteroatoms. The van der Waals surface area contributed by atoms with Crippen LogP contribution in [0.3, 0.4) is 0 Å². The van der Waals surface area contributed by atoms with Gasteiger partial charge in [0.05, 0.1) is 0 Å². The molecule has 1 saturated heterocycles. The summed E-state index contributed by atoms with van der Waals surface area (Å²) < 4.78 is 0. The lowest BCUT2D eigenvalue weighted by molar-refractivity contribution is 0.128. The molecule has 1 aliphatic heterocycles. The molecular weight excluding hydrogens is 328 g/mol. The van der Waals surface area contributed by atoms with Crippen molar-refractivity contribution in [2.24, 2.45) is 16.6 Å². The molecule has 1 aliphatic rings. The molecule has 1 fully saturated rings. The van der Waals surface area contributed by atoms with Gasteiger partial charge in [0, 0.05) is 24.0 Å². The number of hydrogen-bond donors (Lipinski definition) is 2. The van der Waals surface area contributed by atoms with Crippen LogP contribution in [0.5, 0.6) is 0 Å². The highest BCUT2D eigenvalue weighted by Crippen LogP contribution is 2.37. The quantitative estimate of drug-likeness (QED) is 0.617. The van der Waals surface area contributed by atoms with Crippen LogP contribution in [-0.2, 0) is 6.42 Å². The highest BCUT2D eigenvalue weighted by molar-refractivity contribution is 7.10. The zero-order chi connectivity index (χ0) is 17.5. The van der Waals surface area contributed by atoms with Crippen LogP contribution in [0.25, 0.3) is 0 Å². The van der Waals surface area contributed by atoms with Crippen LogP contribution in [0, 0.1) is 5.92 Å². The summed E-state index contributed by atoms with van der Waals surface area (Å²) in [6, 6.07) is 15.3. The minimum absolute atomic E-state index is 0.467. The first-order valence-electron chi connectivity index (χ1n) is 9.05. The van der Waals surface area contributed by atoms with Crippen LogP contribution in [0.15, 0.2) is 52.8 Å². The van der Waals surface area contributed by atoms with Gasteiger partial charge in [0.15, 0.2) is 5.96 Å². The Labute approximate surface area is 154 Å². The highest BCUT2D eigenvalue weighted by Gasteiger charge is 2.30. The van der Waals surface area contributed by atoms with Crippen molar-refractivity contribution in [1.29, 1.82) is 0 Å². The molecule has 0 aliphatic carbocycles. The Hall–Kier alpha value is -1.85. The van der Waals surface area contributed by atoms with Crippen molar-refractivity contribution in [2.45, 2.75) is 25.3 Å². The second-order valence-electron chi connectivity index (χ2n) is 6.73. The van der Waals surface area contributed by atoms with E-state index in [1.165, 1.54) is 23.3 Å². The molecule has 2 unspecified atom stereocenters. The van der Waals surface area contributed by atoms with Crippen molar-refractivity contribution in [3.05, 3.63) is 58.3 Å². The van der Waals surface area contributed by atoms with Gasteiger partial charge < -0.3 is 11.1 Å². The largest absolute Gasteiger partial charge is 0.370 e. The second kappa shape index (κ2) is 9.02. The van der Waals surface area contributed by atoms with E-state index in [9.17, 15) is 0 Å². The van der Waals surface area contributed by atoms with E-state index < -0.39 is 0 Å². The van der Waals surface area contributed by atoms with Gasteiger partial charge in [0.25, 0.3) is 0 Å². The molecule has 0 saturated carbocycles. The van der Waals surface area contributed by atoms with E-state index in [-0.39, 0.29) is 0 Å². The predicted molar refractivity (Wildman–Crippen MR) is 107 cm³/mol. The maximum Gasteiger partial charge on any atom is 0.188 e. The molecule has 0 spiro atoms. The molecule has 4 nitrogen and oxygen atoms in total. The summed E-state index contributed by atoms with van der Waals surface area (Å²) in [5, 5.41) is 5.41. The molecule has 3 rings (SSSR count). The topological polar surface area (TPSA) is 53.6 Å². The van der Waals surface area contributed by atoms with Crippen molar-refractivity contribution >= 4 is 17.3 Å². The Morgan fingerprint density at radius 3 is 2.88 bits per heavy atom. The van der Waals surface area contributed by atoms with Gasteiger partial charge in [-0.25, -0.2) is 0 Å². The first kappa shape index (κ1) is 18.0. The fraction of sp³-hybridized carbons (Fsp3) is 0.450. The summed E-state index contributed by atoms with van der Waals surface area (Å²) in [4.78, 5) is 8.54. The van der Waals surface area contributed by atoms with Gasteiger partial charge in [-0.15, -0.1) is 11.3 Å². The number of guanidine groups is 1. The standard InChI is InChI=1S/C20H28N4S/c1-24-13-5-9-17(19(24)18-10-6-14-25-18)15-23-20(21)22-12-11-16-7-3-2-4-8-16/h2-4,6-8,10,14,17,19H,5,9,11-13,15H2,1H3,(H3,21,22,23). The smallest absolute Gasteiger partial charge is 0.188 e. The molecule has 0 amide bonds. The number of hydrogen-bond acceptors (Lipinski definition) is 3. The van der Waals surface area contributed by atoms with Gasteiger partial charge in [-0.1, -0.05) is 36.4 Å². The van der Waals surface area contributed by atoms with E-state index in [2.05, 4.69) is 64.0 Å². The average molecular weight is 357 g/mol. The summed E-state index contributed by atoms with van der Waals surface area (Å²) in [6.07, 6.45) is 3.41. The number of nitrogens with one attached hydrogen (secondary N) is 1. The molecule has 2 heterocycles. The van der Waals surface area contributed by atoms with Crippen molar-refractivity contribution in [3.63, 3.8) is 0 Å². The van der Waals surface area contributed by atoms with Gasteiger partial charge >= 0.3 is 0 Å². The van der Waals surface area contributed by atoms with Crippen LogP contribution in [-0.4, -0.2) is 37.5 Å². The minimum Gasteiger partial charge on any atom is -0.370 e. The average Bonchev–Trinajstić information content (AvgIpc) is 3.15. The van der Waals surface area contributed by atoms with Gasteiger partial charge in [0.1, 0.15) is 0 Å². The van der Waals surface area contributed by atoms with Crippen LogP contribution in [0.4, 0.5) is 0 Å². The summed E-state index contributed by atoms with van der Waals surface area (Å²) in [7, 11) is 2.22. The molecule has 1 aromatic heterocycles. The Morgan fingerprint density at radius 2 is 2.12 bits per heavy atom. The summed E-state index contributed by atoms with van der Waals surface area (Å²) >= 11 is 1.85. The molecule has 0 radical (unpaired) electrons. The number of thiophene rings is 1. The van der Waals surface area contributed by atoms with Crippen LogP contribution in [0.2, 0.25) is 0 Å². The molecule has 2 atom stereocenters. The van der Waals surface area contributed by atoms with Crippen molar-refractivity contribution in [3.8, 4) is 0 Å². The number of nitrogens with two attached hydrogens (primary N) is 1. The first-order valence-corrected chi connectivity index (χ1v) is 9.93. The summed E-state index contributed by atoms with van der Waals surface area (Å²) in [6.45, 7) is 2.77. The molecule has 3 N–H and O–H groups in total. The number of rotatable bonds is 6. The number of aliphatic imine (C=N–C) groups is 1. The van der Waals surface area contributed by atoms with E-state index >= 15 is 0 Å². The summed E-state index contributed by atoms with van der Waals surface area (Å²) in [5.74, 6) is 1.10. The minimum atomic E-state index is 0.467. The van der Waals surface area contributed by atoms with Crippen molar-refractivity contribution in [1.82, 2.24) is 10.2 Å². The van der Waals surface area contributed by atoms with Crippen molar-refractivity contribution < 1.29 is 0 Å². The monoisotopic (exact) mass is 356 g/mol. The van der Waals surface area contributed by atoms with E-state index in [0.717, 1.165) is 26.1 Å². The van der Waals surface area contributed by atoms with Crippen LogP contribution in [0.1, 0.15) is 29.3 Å². The van der Waals surface area contributed by atoms with Crippen molar-refractivity contribution in [2.75, 3.05) is 26.7 Å². The number of benzene rings is 1. The maximum atomic E-state index is 6.08. The number of likely N-dealkylation sites (tertiary alicyclic amines) is 1. The zero-order valence-electron chi connectivity index (χ0n) is 14.9. The fourth-order valence-corrected chi connectivity index (χ4v) is 4.59. The molecular formula is C20H28N4S. The van der Waals surface area contributed by atoms with Crippen LogP contribution >= 0.6 is 11.3 Å². The third-order valence-electron chi connectivity index (χ3n) is 4.90. The Kier molecular flexibility index (Phi) is 6.48. The lowest BCUT2D eigenvalue weighted by atomic mass is 9.88. The highest BCUT2D eigenvalue weighted by atomic mass is 32.1. The molecule has 25 heavy (non-hydrogen) atoms. The molecule has 0 bridgehead atoms. The predicted octanol–water partition coefficient (Wildman–Crippen LogP) is 3.28. The maximum absolute atomic E-state index is 6.08. The molecule has 1 aromatic carbocycles. The lowest BCUT2D eigenvalue weighted by Crippen LogP contribution is -2.38. The SMILES string of the molecule is CN1CCCC(CN=C(N)NCCc2ccccc2)C1c1cccs1. The van der Waals surface area contributed by atoms with Gasteiger partial charge in [-0.05, 0) is 55.8 Å². The normalized spacial score (nSPS) is 22.0. The number of piperidine rings is 1. The Morgan fingerprint density at radius 1 is 1.28 bits per heavy atom. The molecule has 2 aromatic rings. The third kappa shape index (κ3) is 5.06.